The van der Waals surface area contributed by atoms with Gasteiger partial charge in [0.15, 0.2) is 0 Å². The first kappa shape index (κ1) is 15.1. The van der Waals surface area contributed by atoms with E-state index >= 15 is 0 Å². The predicted octanol–water partition coefficient (Wildman–Crippen LogP) is 4.54. The molecule has 0 atom stereocenters. The summed E-state index contributed by atoms with van der Waals surface area (Å²) in [6, 6.07) is 6.50. The molecule has 0 amide bonds. The Morgan fingerprint density at radius 3 is 2.60 bits per heavy atom. The van der Waals surface area contributed by atoms with Gasteiger partial charge in [-0.2, -0.15) is 0 Å². The van der Waals surface area contributed by atoms with E-state index in [1.54, 1.807) is 31.2 Å². The minimum absolute atomic E-state index is 0.0553. The van der Waals surface area contributed by atoms with Gasteiger partial charge in [0.05, 0.1) is 10.0 Å². The van der Waals surface area contributed by atoms with Crippen LogP contribution in [0.4, 0.5) is 0 Å². The molecule has 1 aromatic carbocycles. The lowest BCUT2D eigenvalue weighted by molar-refractivity contribution is 0.461. The van der Waals surface area contributed by atoms with Gasteiger partial charge in [-0.25, -0.2) is 4.98 Å². The lowest BCUT2D eigenvalue weighted by atomic mass is 10.2. The Kier molecular flexibility index (Phi) is 4.52. The Bertz CT molecular complexity index is 692. The van der Waals surface area contributed by atoms with Crippen molar-refractivity contribution in [3.05, 3.63) is 50.0 Å². The number of nitrogen functional groups attached to an aromatic ring is 1. The van der Waals surface area contributed by atoms with Crippen LogP contribution in [0.3, 0.4) is 0 Å². The molecule has 0 aliphatic carbocycles. The molecule has 2 rings (SSSR count). The number of pyridine rings is 1. The average Bonchev–Trinajstić information content (AvgIpc) is 2.35. The minimum Gasteiger partial charge on any atom is -0.437 e. The molecule has 2 aromatic rings. The highest BCUT2D eigenvalue weighted by Crippen LogP contribution is 2.36. The molecule has 1 heterocycles. The van der Waals surface area contributed by atoms with Crippen LogP contribution in [-0.2, 0) is 0 Å². The topological polar surface area (TPSA) is 72.0 Å². The van der Waals surface area contributed by atoms with Gasteiger partial charge in [0.25, 0.3) is 0 Å². The molecule has 0 aliphatic heterocycles. The van der Waals surface area contributed by atoms with Crippen LogP contribution in [0.1, 0.15) is 11.3 Å². The lowest BCUT2D eigenvalue weighted by Crippen LogP contribution is -2.11. The van der Waals surface area contributed by atoms with Gasteiger partial charge in [0.2, 0.25) is 5.88 Å². The van der Waals surface area contributed by atoms with Gasteiger partial charge < -0.3 is 10.5 Å². The number of aromatic nitrogens is 1. The van der Waals surface area contributed by atoms with Crippen molar-refractivity contribution in [1.29, 1.82) is 5.41 Å². The summed E-state index contributed by atoms with van der Waals surface area (Å²) in [4.78, 5) is 4.22. The predicted molar refractivity (Wildman–Crippen MR) is 84.2 cm³/mol. The number of halogens is 3. The van der Waals surface area contributed by atoms with Crippen LogP contribution in [0.5, 0.6) is 11.6 Å². The fourth-order valence-electron chi connectivity index (χ4n) is 1.54. The zero-order valence-electron chi connectivity index (χ0n) is 10.4. The summed E-state index contributed by atoms with van der Waals surface area (Å²) in [5.41, 5.74) is 6.69. The summed E-state index contributed by atoms with van der Waals surface area (Å²) < 4.78 is 6.29. The largest absolute Gasteiger partial charge is 0.437 e. The van der Waals surface area contributed by atoms with Crippen LogP contribution < -0.4 is 10.5 Å². The number of ether oxygens (including phenoxy) is 1. The quantitative estimate of drug-likeness (QED) is 0.470. The van der Waals surface area contributed by atoms with E-state index < -0.39 is 0 Å². The number of nitrogens with two attached hydrogens (primary N) is 1. The van der Waals surface area contributed by atoms with Crippen molar-refractivity contribution in [1.82, 2.24) is 4.98 Å². The maximum absolute atomic E-state index is 7.45. The molecular formula is C13H10BrCl2N3O. The van der Waals surface area contributed by atoms with Crippen LogP contribution in [0.15, 0.2) is 28.7 Å². The molecule has 104 valence electrons. The lowest BCUT2D eigenvalue weighted by Gasteiger charge is -2.10. The molecule has 3 N–H and O–H groups in total. The van der Waals surface area contributed by atoms with Crippen molar-refractivity contribution < 1.29 is 4.74 Å². The zero-order chi connectivity index (χ0) is 14.9. The molecule has 1 aromatic heterocycles. The SMILES string of the molecule is Cc1cc(C(=N)N)cc(Oc2cc(Cl)c(Br)cc2Cl)n1. The van der Waals surface area contributed by atoms with E-state index in [0.29, 0.717) is 37.4 Å². The van der Waals surface area contributed by atoms with E-state index in [0.717, 1.165) is 0 Å². The summed E-state index contributed by atoms with van der Waals surface area (Å²) in [5, 5.41) is 8.33. The van der Waals surface area contributed by atoms with Crippen LogP contribution in [0.2, 0.25) is 10.0 Å². The van der Waals surface area contributed by atoms with Crippen LogP contribution >= 0.6 is 39.1 Å². The number of hydrogen-bond donors (Lipinski definition) is 2. The van der Waals surface area contributed by atoms with Gasteiger partial charge in [-0.1, -0.05) is 23.2 Å². The number of amidine groups is 1. The zero-order valence-corrected chi connectivity index (χ0v) is 13.5. The Labute approximate surface area is 134 Å². The smallest absolute Gasteiger partial charge is 0.220 e. The van der Waals surface area contributed by atoms with Crippen LogP contribution in [0, 0.1) is 12.3 Å². The third-order valence-corrected chi connectivity index (χ3v) is 3.92. The fourth-order valence-corrected chi connectivity index (χ4v) is 2.37. The van der Waals surface area contributed by atoms with Crippen molar-refractivity contribution in [3.63, 3.8) is 0 Å². The molecule has 0 saturated carbocycles. The number of rotatable bonds is 3. The normalized spacial score (nSPS) is 10.4. The number of nitrogens with one attached hydrogen (secondary N) is 1. The highest BCUT2D eigenvalue weighted by Gasteiger charge is 2.10. The Hall–Kier alpha value is -1.30. The van der Waals surface area contributed by atoms with E-state index in [1.807, 2.05) is 0 Å². The molecule has 0 aliphatic rings. The van der Waals surface area contributed by atoms with E-state index in [2.05, 4.69) is 20.9 Å². The van der Waals surface area contributed by atoms with Gasteiger partial charge in [-0.15, -0.1) is 0 Å². The average molecular weight is 375 g/mol. The van der Waals surface area contributed by atoms with Crippen LogP contribution in [-0.4, -0.2) is 10.8 Å². The van der Waals surface area contributed by atoms with E-state index in [1.165, 1.54) is 0 Å². The number of benzene rings is 1. The molecule has 0 fully saturated rings. The number of aryl methyl sites for hydroxylation is 1. The summed E-state index contributed by atoms with van der Waals surface area (Å²) in [5.74, 6) is 0.628. The Morgan fingerprint density at radius 2 is 1.95 bits per heavy atom. The summed E-state index contributed by atoms with van der Waals surface area (Å²) in [6.07, 6.45) is 0. The van der Waals surface area contributed by atoms with Gasteiger partial charge in [-0.05, 0) is 35.0 Å². The van der Waals surface area contributed by atoms with Gasteiger partial charge in [0, 0.05) is 27.9 Å². The molecule has 4 nitrogen and oxygen atoms in total. The molecule has 0 spiro atoms. The second kappa shape index (κ2) is 5.99. The molecule has 7 heteroatoms. The number of hydrogen-bond acceptors (Lipinski definition) is 3. The highest BCUT2D eigenvalue weighted by molar-refractivity contribution is 9.10. The maximum Gasteiger partial charge on any atom is 0.220 e. The molecular weight excluding hydrogens is 365 g/mol. The number of nitrogens with zero attached hydrogens (tertiary/aromatic N) is 1. The fraction of sp³-hybridized carbons (Fsp3) is 0.0769. The first-order valence-electron chi connectivity index (χ1n) is 5.52. The molecule has 0 bridgehead atoms. The summed E-state index contributed by atoms with van der Waals surface area (Å²) >= 11 is 15.4. The Morgan fingerprint density at radius 1 is 1.25 bits per heavy atom. The highest BCUT2D eigenvalue weighted by atomic mass is 79.9. The first-order valence-corrected chi connectivity index (χ1v) is 7.07. The van der Waals surface area contributed by atoms with Crippen molar-refractivity contribution in [2.45, 2.75) is 6.92 Å². The molecule has 0 unspecified atom stereocenters. The summed E-state index contributed by atoms with van der Waals surface area (Å²) in [7, 11) is 0. The van der Waals surface area contributed by atoms with Crippen molar-refractivity contribution >= 4 is 45.0 Å². The van der Waals surface area contributed by atoms with Crippen molar-refractivity contribution in [3.8, 4) is 11.6 Å². The molecule has 0 radical (unpaired) electrons. The van der Waals surface area contributed by atoms with Crippen LogP contribution in [0.25, 0.3) is 0 Å². The third kappa shape index (κ3) is 3.42. The van der Waals surface area contributed by atoms with Crippen molar-refractivity contribution in [2.75, 3.05) is 0 Å². The first-order chi connectivity index (χ1) is 9.36. The Balaban J connectivity index is 2.40. The summed E-state index contributed by atoms with van der Waals surface area (Å²) in [6.45, 7) is 1.79. The standard InChI is InChI=1S/C13H10BrCl2N3O/c1-6-2-7(13(17)18)3-12(19-6)20-11-5-9(15)8(14)4-10(11)16/h2-5H,1H3,(H3,17,18). The molecule has 20 heavy (non-hydrogen) atoms. The van der Waals surface area contributed by atoms with Gasteiger partial charge >= 0.3 is 0 Å². The van der Waals surface area contributed by atoms with Gasteiger partial charge in [0.1, 0.15) is 11.6 Å². The van der Waals surface area contributed by atoms with Gasteiger partial charge in [-0.3, -0.25) is 5.41 Å². The second-order valence-electron chi connectivity index (χ2n) is 4.05. The van der Waals surface area contributed by atoms with E-state index in [9.17, 15) is 0 Å². The van der Waals surface area contributed by atoms with E-state index in [-0.39, 0.29) is 5.84 Å². The third-order valence-electron chi connectivity index (χ3n) is 2.43. The van der Waals surface area contributed by atoms with E-state index in [4.69, 9.17) is 39.1 Å². The monoisotopic (exact) mass is 373 g/mol. The molecule has 0 saturated heterocycles. The van der Waals surface area contributed by atoms with Crippen molar-refractivity contribution in [2.24, 2.45) is 5.73 Å². The minimum atomic E-state index is -0.0553. The second-order valence-corrected chi connectivity index (χ2v) is 5.72. The maximum atomic E-state index is 7.45.